The van der Waals surface area contributed by atoms with Crippen LogP contribution in [0.1, 0.15) is 48.8 Å². The number of nitrogens with zero attached hydrogens (tertiary/aromatic N) is 3. The Morgan fingerprint density at radius 1 is 1.29 bits per heavy atom. The lowest BCUT2D eigenvalue weighted by Crippen LogP contribution is -2.52. The second-order valence-corrected chi connectivity index (χ2v) is 6.72. The molecular weight excluding hydrogens is 302 g/mol. The molecule has 128 valence electrons. The third kappa shape index (κ3) is 3.36. The molecule has 1 saturated heterocycles. The van der Waals surface area contributed by atoms with Gasteiger partial charge in [-0.05, 0) is 44.7 Å². The van der Waals surface area contributed by atoms with Crippen LogP contribution < -0.4 is 0 Å². The van der Waals surface area contributed by atoms with E-state index in [-0.39, 0.29) is 18.0 Å². The molecule has 0 spiro atoms. The number of carbonyl (C=O) groups excluding carboxylic acids is 1. The van der Waals surface area contributed by atoms with Gasteiger partial charge in [0.05, 0.1) is 12.1 Å². The van der Waals surface area contributed by atoms with Crippen LogP contribution in [0.2, 0.25) is 0 Å². The summed E-state index contributed by atoms with van der Waals surface area (Å²) in [5, 5.41) is 14.8. The van der Waals surface area contributed by atoms with Crippen molar-refractivity contribution in [2.24, 2.45) is 0 Å². The molecule has 2 atom stereocenters. The Balaban J connectivity index is 1.85. The highest BCUT2D eigenvalue weighted by molar-refractivity contribution is 5.93. The van der Waals surface area contributed by atoms with E-state index >= 15 is 0 Å². The average Bonchev–Trinajstić information content (AvgIpc) is 3.07. The third-order valence-electron chi connectivity index (χ3n) is 4.67. The van der Waals surface area contributed by atoms with Crippen LogP contribution in [0, 0.1) is 0 Å². The lowest BCUT2D eigenvalue weighted by Gasteiger charge is -2.39. The van der Waals surface area contributed by atoms with Gasteiger partial charge in [0.15, 0.2) is 0 Å². The van der Waals surface area contributed by atoms with Gasteiger partial charge >= 0.3 is 0 Å². The molecule has 0 saturated carbocycles. The van der Waals surface area contributed by atoms with Crippen molar-refractivity contribution in [3.63, 3.8) is 0 Å². The van der Waals surface area contributed by atoms with Gasteiger partial charge in [-0.1, -0.05) is 30.3 Å². The number of carbonyl (C=O) groups is 1. The Morgan fingerprint density at radius 2 is 2.04 bits per heavy atom. The number of aliphatic hydroxyl groups excluding tert-OH is 1. The smallest absolute Gasteiger partial charge is 0.272 e. The van der Waals surface area contributed by atoms with Crippen molar-refractivity contribution in [2.75, 3.05) is 6.54 Å². The topological polar surface area (TPSA) is 58.4 Å². The van der Waals surface area contributed by atoms with Crippen molar-refractivity contribution in [2.45, 2.75) is 51.3 Å². The van der Waals surface area contributed by atoms with E-state index in [2.05, 4.69) is 5.10 Å². The molecule has 1 amide bonds. The first-order valence-corrected chi connectivity index (χ1v) is 8.64. The Labute approximate surface area is 142 Å². The minimum Gasteiger partial charge on any atom is -0.391 e. The van der Waals surface area contributed by atoms with Gasteiger partial charge in [0.2, 0.25) is 0 Å². The van der Waals surface area contributed by atoms with Crippen LogP contribution in [0.25, 0.3) is 0 Å². The van der Waals surface area contributed by atoms with E-state index < -0.39 is 6.10 Å². The Morgan fingerprint density at radius 3 is 2.75 bits per heavy atom. The molecule has 0 aliphatic carbocycles. The summed E-state index contributed by atoms with van der Waals surface area (Å²) in [4.78, 5) is 14.9. The summed E-state index contributed by atoms with van der Waals surface area (Å²) in [6.45, 7) is 4.70. The SMILES string of the molecule is CC(C)n1nccc1C(=O)N1CCC[C@H](O)[C@@H]1Cc1ccccc1. The summed E-state index contributed by atoms with van der Waals surface area (Å²) in [6, 6.07) is 11.7. The molecule has 3 rings (SSSR count). The molecule has 0 radical (unpaired) electrons. The van der Waals surface area contributed by atoms with Gasteiger partial charge in [0.25, 0.3) is 5.91 Å². The third-order valence-corrected chi connectivity index (χ3v) is 4.67. The van der Waals surface area contributed by atoms with Crippen LogP contribution in [0.15, 0.2) is 42.6 Å². The Bertz CT molecular complexity index is 681. The van der Waals surface area contributed by atoms with E-state index in [1.165, 1.54) is 0 Å². The summed E-state index contributed by atoms with van der Waals surface area (Å²) in [5.41, 5.74) is 1.73. The predicted octanol–water partition coefficient (Wildman–Crippen LogP) is 2.67. The largest absolute Gasteiger partial charge is 0.391 e. The van der Waals surface area contributed by atoms with Gasteiger partial charge in [-0.3, -0.25) is 9.48 Å². The van der Waals surface area contributed by atoms with Gasteiger partial charge in [0.1, 0.15) is 5.69 Å². The molecule has 5 nitrogen and oxygen atoms in total. The molecule has 24 heavy (non-hydrogen) atoms. The molecule has 1 fully saturated rings. The molecular formula is C19H25N3O2. The fraction of sp³-hybridized carbons (Fsp3) is 0.474. The van der Waals surface area contributed by atoms with Crippen molar-refractivity contribution in [1.82, 2.24) is 14.7 Å². The highest BCUT2D eigenvalue weighted by Gasteiger charge is 2.35. The zero-order chi connectivity index (χ0) is 17.1. The minimum atomic E-state index is -0.488. The predicted molar refractivity (Wildman–Crippen MR) is 92.8 cm³/mol. The van der Waals surface area contributed by atoms with Crippen molar-refractivity contribution < 1.29 is 9.90 Å². The maximum atomic E-state index is 13.1. The number of likely N-dealkylation sites (tertiary alicyclic amines) is 1. The molecule has 2 aromatic rings. The molecule has 1 aliphatic rings. The normalized spacial score (nSPS) is 21.2. The number of rotatable bonds is 4. The number of aliphatic hydroxyl groups is 1. The number of hydrogen-bond acceptors (Lipinski definition) is 3. The summed E-state index contributed by atoms with van der Waals surface area (Å²) in [7, 11) is 0. The fourth-order valence-corrected chi connectivity index (χ4v) is 3.43. The van der Waals surface area contributed by atoms with Gasteiger partial charge in [0, 0.05) is 18.8 Å². The molecule has 1 aromatic carbocycles. The van der Waals surface area contributed by atoms with E-state index in [0.717, 1.165) is 18.4 Å². The molecule has 1 aliphatic heterocycles. The summed E-state index contributed by atoms with van der Waals surface area (Å²) in [5.74, 6) is -0.0409. The quantitative estimate of drug-likeness (QED) is 0.939. The lowest BCUT2D eigenvalue weighted by molar-refractivity contribution is 0.0110. The molecule has 5 heteroatoms. The van der Waals surface area contributed by atoms with Crippen molar-refractivity contribution in [3.05, 3.63) is 53.9 Å². The number of hydrogen-bond donors (Lipinski definition) is 1. The van der Waals surface area contributed by atoms with E-state index in [0.29, 0.717) is 18.7 Å². The van der Waals surface area contributed by atoms with Crippen LogP contribution in [-0.4, -0.2) is 44.4 Å². The van der Waals surface area contributed by atoms with E-state index in [1.807, 2.05) is 49.1 Å². The number of piperidine rings is 1. The number of benzene rings is 1. The molecule has 0 unspecified atom stereocenters. The Kier molecular flexibility index (Phi) is 5.00. The maximum Gasteiger partial charge on any atom is 0.272 e. The zero-order valence-electron chi connectivity index (χ0n) is 14.3. The second kappa shape index (κ2) is 7.18. The highest BCUT2D eigenvalue weighted by Crippen LogP contribution is 2.24. The van der Waals surface area contributed by atoms with Crippen LogP contribution in [0.3, 0.4) is 0 Å². The molecule has 0 bridgehead atoms. The first-order chi connectivity index (χ1) is 11.6. The standard InChI is InChI=1S/C19H25N3O2/c1-14(2)22-16(10-11-20-22)19(24)21-12-6-9-18(23)17(21)13-15-7-4-3-5-8-15/h3-5,7-8,10-11,14,17-18,23H,6,9,12-13H2,1-2H3/t17-,18-/m0/s1. The first kappa shape index (κ1) is 16.7. The van der Waals surface area contributed by atoms with Crippen molar-refractivity contribution >= 4 is 5.91 Å². The van der Waals surface area contributed by atoms with Crippen molar-refractivity contribution in [3.8, 4) is 0 Å². The zero-order valence-corrected chi connectivity index (χ0v) is 14.3. The van der Waals surface area contributed by atoms with Gasteiger partial charge in [-0.25, -0.2) is 0 Å². The minimum absolute atomic E-state index is 0.0409. The fourth-order valence-electron chi connectivity index (χ4n) is 3.43. The summed E-state index contributed by atoms with van der Waals surface area (Å²) < 4.78 is 1.75. The van der Waals surface area contributed by atoms with Gasteiger partial charge < -0.3 is 10.0 Å². The average molecular weight is 327 g/mol. The van der Waals surface area contributed by atoms with Gasteiger partial charge in [-0.15, -0.1) is 0 Å². The lowest BCUT2D eigenvalue weighted by atomic mass is 9.92. The molecule has 1 N–H and O–H groups in total. The number of amides is 1. The van der Waals surface area contributed by atoms with Crippen LogP contribution in [-0.2, 0) is 6.42 Å². The molecule has 2 heterocycles. The van der Waals surface area contributed by atoms with Crippen LogP contribution >= 0.6 is 0 Å². The first-order valence-electron chi connectivity index (χ1n) is 8.64. The van der Waals surface area contributed by atoms with E-state index in [1.54, 1.807) is 16.9 Å². The van der Waals surface area contributed by atoms with Gasteiger partial charge in [-0.2, -0.15) is 5.10 Å². The van der Waals surface area contributed by atoms with Crippen LogP contribution in [0.5, 0.6) is 0 Å². The molecule has 1 aromatic heterocycles. The monoisotopic (exact) mass is 327 g/mol. The van der Waals surface area contributed by atoms with Crippen molar-refractivity contribution in [1.29, 1.82) is 0 Å². The van der Waals surface area contributed by atoms with E-state index in [4.69, 9.17) is 0 Å². The van der Waals surface area contributed by atoms with E-state index in [9.17, 15) is 9.90 Å². The summed E-state index contributed by atoms with van der Waals surface area (Å²) in [6.07, 6.45) is 3.42. The summed E-state index contributed by atoms with van der Waals surface area (Å²) >= 11 is 0. The maximum absolute atomic E-state index is 13.1. The van der Waals surface area contributed by atoms with Crippen LogP contribution in [0.4, 0.5) is 0 Å². The highest BCUT2D eigenvalue weighted by atomic mass is 16.3. The second-order valence-electron chi connectivity index (χ2n) is 6.72. The Hall–Kier alpha value is -2.14. The number of aromatic nitrogens is 2.